The fraction of sp³-hybridized carbons (Fsp3) is 0.462. The van der Waals surface area contributed by atoms with Gasteiger partial charge >= 0.3 is 12.1 Å². The Balaban J connectivity index is 1.22. The van der Waals surface area contributed by atoms with E-state index in [0.29, 0.717) is 36.6 Å². The van der Waals surface area contributed by atoms with Crippen LogP contribution in [0.3, 0.4) is 0 Å². The largest absolute Gasteiger partial charge is 0.427 e. The van der Waals surface area contributed by atoms with Gasteiger partial charge in [0.25, 0.3) is 5.91 Å². The Hall–Kier alpha value is -3.40. The second-order valence-corrected chi connectivity index (χ2v) is 11.0. The molecule has 2 aliphatic heterocycles. The molecule has 1 spiro atoms. The zero-order valence-corrected chi connectivity index (χ0v) is 20.9. The van der Waals surface area contributed by atoms with Crippen LogP contribution in [0.25, 0.3) is 0 Å². The SMILES string of the molecule is CNC(=O)Nc1ccc2c(c1)CC[C@@]21OC(=O)N(CC(=O)N2Cc3ccsc3CCC2C2CC2)C1=O. The Morgan fingerprint density at radius 3 is 2.75 bits per heavy atom. The number of carbonyl (C=O) groups excluding carboxylic acids is 4. The molecule has 2 N–H and O–H groups in total. The molecule has 0 radical (unpaired) electrons. The number of aryl methyl sites for hydroxylation is 2. The number of fused-ring (bicyclic) bond motifs is 3. The standard InChI is InChI=1S/C26H28N4O5S/c1-27-24(33)28-18-4-5-19-16(12-18)8-10-26(19)23(32)30(25(34)35-26)14-22(31)29-13-17-9-11-36-21(17)7-6-20(29)15-2-3-15/h4-5,9,11-12,15,20H,2-3,6-8,10,13-14H2,1H3,(H2,27,28,33)/t20?,26-/m1/s1. The summed E-state index contributed by atoms with van der Waals surface area (Å²) in [5.74, 6) is -0.202. The molecule has 2 atom stereocenters. The summed E-state index contributed by atoms with van der Waals surface area (Å²) < 4.78 is 5.72. The lowest BCUT2D eigenvalue weighted by Crippen LogP contribution is -2.48. The number of amides is 5. The molecule has 4 aliphatic rings. The van der Waals surface area contributed by atoms with Gasteiger partial charge in [0.15, 0.2) is 0 Å². The minimum Gasteiger partial charge on any atom is -0.427 e. The highest BCUT2D eigenvalue weighted by Crippen LogP contribution is 2.46. The first-order valence-electron chi connectivity index (χ1n) is 12.4. The molecule has 9 nitrogen and oxygen atoms in total. The molecule has 1 saturated carbocycles. The van der Waals surface area contributed by atoms with Crippen molar-refractivity contribution >= 4 is 41.0 Å². The topological polar surface area (TPSA) is 108 Å². The van der Waals surface area contributed by atoms with E-state index in [4.69, 9.17) is 4.74 Å². The van der Waals surface area contributed by atoms with Crippen LogP contribution in [0.15, 0.2) is 29.6 Å². The van der Waals surface area contributed by atoms with Crippen molar-refractivity contribution in [3.63, 3.8) is 0 Å². The normalized spacial score (nSPS) is 24.9. The van der Waals surface area contributed by atoms with Crippen molar-refractivity contribution in [1.29, 1.82) is 0 Å². The molecule has 6 rings (SSSR count). The molecule has 3 heterocycles. The maximum Gasteiger partial charge on any atom is 0.418 e. The van der Waals surface area contributed by atoms with Gasteiger partial charge in [-0.25, -0.2) is 14.5 Å². The quantitative estimate of drug-likeness (QED) is 0.658. The van der Waals surface area contributed by atoms with Gasteiger partial charge in [0.1, 0.15) is 6.54 Å². The molecule has 0 bridgehead atoms. The average molecular weight is 509 g/mol. The van der Waals surface area contributed by atoms with Gasteiger partial charge in [0.05, 0.1) is 0 Å². The lowest BCUT2D eigenvalue weighted by Gasteiger charge is -2.31. The van der Waals surface area contributed by atoms with Crippen molar-refractivity contribution in [1.82, 2.24) is 15.1 Å². The molecule has 1 aromatic heterocycles. The smallest absolute Gasteiger partial charge is 0.418 e. The Kier molecular flexibility index (Phi) is 5.51. The van der Waals surface area contributed by atoms with Gasteiger partial charge in [-0.1, -0.05) is 6.07 Å². The number of imide groups is 1. The van der Waals surface area contributed by atoms with Crippen LogP contribution in [0, 0.1) is 5.92 Å². The van der Waals surface area contributed by atoms with Gasteiger partial charge in [-0.15, -0.1) is 11.3 Å². The summed E-state index contributed by atoms with van der Waals surface area (Å²) in [7, 11) is 1.53. The first-order valence-corrected chi connectivity index (χ1v) is 13.3. The molecule has 1 aromatic carbocycles. The number of hydrogen-bond donors (Lipinski definition) is 2. The van der Waals surface area contributed by atoms with Gasteiger partial charge in [0.2, 0.25) is 11.5 Å². The van der Waals surface area contributed by atoms with E-state index in [-0.39, 0.29) is 24.5 Å². The Morgan fingerprint density at radius 2 is 1.97 bits per heavy atom. The van der Waals surface area contributed by atoms with E-state index in [1.807, 2.05) is 4.90 Å². The highest BCUT2D eigenvalue weighted by atomic mass is 32.1. The van der Waals surface area contributed by atoms with Gasteiger partial charge < -0.3 is 20.3 Å². The van der Waals surface area contributed by atoms with E-state index < -0.39 is 17.6 Å². The highest BCUT2D eigenvalue weighted by molar-refractivity contribution is 7.10. The number of anilines is 1. The van der Waals surface area contributed by atoms with Crippen molar-refractivity contribution in [2.75, 3.05) is 18.9 Å². The van der Waals surface area contributed by atoms with E-state index in [1.165, 1.54) is 11.9 Å². The van der Waals surface area contributed by atoms with Crippen LogP contribution in [0.4, 0.5) is 15.3 Å². The van der Waals surface area contributed by atoms with Crippen molar-refractivity contribution in [3.8, 4) is 0 Å². The highest BCUT2D eigenvalue weighted by Gasteiger charge is 2.58. The van der Waals surface area contributed by atoms with Gasteiger partial charge in [-0.2, -0.15) is 0 Å². The summed E-state index contributed by atoms with van der Waals surface area (Å²) in [6.45, 7) is 0.207. The summed E-state index contributed by atoms with van der Waals surface area (Å²) in [6, 6.07) is 7.07. The van der Waals surface area contributed by atoms with Crippen LogP contribution in [0.5, 0.6) is 0 Å². The Bertz CT molecular complexity index is 1270. The molecule has 1 unspecified atom stereocenters. The third-order valence-corrected chi connectivity index (χ3v) is 8.89. The van der Waals surface area contributed by atoms with Crippen LogP contribution in [0.1, 0.15) is 47.3 Å². The Labute approximate surface area is 212 Å². The summed E-state index contributed by atoms with van der Waals surface area (Å²) in [4.78, 5) is 56.0. The van der Waals surface area contributed by atoms with Crippen LogP contribution in [-0.4, -0.2) is 53.4 Å². The molecule has 36 heavy (non-hydrogen) atoms. The van der Waals surface area contributed by atoms with Gasteiger partial charge in [0, 0.05) is 42.2 Å². The van der Waals surface area contributed by atoms with Crippen molar-refractivity contribution < 1.29 is 23.9 Å². The molecule has 1 saturated heterocycles. The van der Waals surface area contributed by atoms with E-state index in [1.54, 1.807) is 29.5 Å². The summed E-state index contributed by atoms with van der Waals surface area (Å²) in [5, 5.41) is 7.28. The van der Waals surface area contributed by atoms with Crippen LogP contribution in [-0.2, 0) is 39.3 Å². The van der Waals surface area contributed by atoms with Crippen LogP contribution >= 0.6 is 11.3 Å². The number of urea groups is 1. The predicted octanol–water partition coefficient (Wildman–Crippen LogP) is 3.37. The minimum absolute atomic E-state index is 0.137. The number of nitrogens with zero attached hydrogens (tertiary/aromatic N) is 2. The molecule has 10 heteroatoms. The maximum absolute atomic E-state index is 13.6. The fourth-order valence-corrected chi connectivity index (χ4v) is 6.77. The van der Waals surface area contributed by atoms with Crippen molar-refractivity contribution in [2.45, 2.75) is 56.7 Å². The summed E-state index contributed by atoms with van der Waals surface area (Å²) in [6.07, 6.45) is 4.16. The molecule has 2 fully saturated rings. The van der Waals surface area contributed by atoms with E-state index in [9.17, 15) is 19.2 Å². The second-order valence-electron chi connectivity index (χ2n) is 10.00. The first-order chi connectivity index (χ1) is 17.4. The summed E-state index contributed by atoms with van der Waals surface area (Å²) in [5.41, 5.74) is 1.80. The molecular weight excluding hydrogens is 480 g/mol. The monoisotopic (exact) mass is 508 g/mol. The third kappa shape index (κ3) is 3.75. The van der Waals surface area contributed by atoms with Crippen molar-refractivity contribution in [3.05, 3.63) is 51.2 Å². The summed E-state index contributed by atoms with van der Waals surface area (Å²) >= 11 is 1.73. The van der Waals surface area contributed by atoms with Gasteiger partial charge in [-0.05, 0) is 72.7 Å². The zero-order valence-electron chi connectivity index (χ0n) is 20.0. The lowest BCUT2D eigenvalue weighted by atomic mass is 9.94. The number of carbonyl (C=O) groups is 4. The predicted molar refractivity (Wildman–Crippen MR) is 132 cm³/mol. The van der Waals surface area contributed by atoms with Crippen molar-refractivity contribution in [2.24, 2.45) is 5.92 Å². The van der Waals surface area contributed by atoms with Crippen LogP contribution in [0.2, 0.25) is 0 Å². The zero-order chi connectivity index (χ0) is 25.0. The maximum atomic E-state index is 13.6. The van der Waals surface area contributed by atoms with E-state index in [2.05, 4.69) is 22.1 Å². The first kappa shape index (κ1) is 23.0. The molecule has 2 aromatic rings. The number of benzene rings is 1. The number of hydrogen-bond acceptors (Lipinski definition) is 6. The Morgan fingerprint density at radius 1 is 1.14 bits per heavy atom. The van der Waals surface area contributed by atoms with Crippen LogP contribution < -0.4 is 10.6 Å². The molecule has 2 aliphatic carbocycles. The van der Waals surface area contributed by atoms with E-state index in [0.717, 1.165) is 41.7 Å². The fourth-order valence-electron chi connectivity index (χ4n) is 5.86. The molecule has 188 valence electrons. The van der Waals surface area contributed by atoms with Gasteiger partial charge in [-0.3, -0.25) is 9.59 Å². The average Bonchev–Trinajstić information content (AvgIpc) is 3.50. The minimum atomic E-state index is -1.41. The number of thiophene rings is 1. The molecule has 5 amide bonds. The number of ether oxygens (including phenoxy) is 1. The lowest BCUT2D eigenvalue weighted by molar-refractivity contribution is -0.143. The third-order valence-electron chi connectivity index (χ3n) is 7.87. The van der Waals surface area contributed by atoms with E-state index >= 15 is 0 Å². The number of rotatable bonds is 4. The number of nitrogens with one attached hydrogen (secondary N) is 2. The molecular formula is C26H28N4O5S. The second kappa shape index (κ2) is 8.62.